The second-order valence-corrected chi connectivity index (χ2v) is 5.48. The van der Waals surface area contributed by atoms with Gasteiger partial charge in [-0.25, -0.2) is 4.98 Å². The number of nitrogens with one attached hydrogen (secondary N) is 1. The van der Waals surface area contributed by atoms with Crippen molar-refractivity contribution in [2.45, 2.75) is 13.5 Å². The third-order valence-corrected chi connectivity index (χ3v) is 3.60. The molecule has 0 aliphatic rings. The molecule has 0 aliphatic heterocycles. The summed E-state index contributed by atoms with van der Waals surface area (Å²) < 4.78 is 6.50. The maximum atomic E-state index is 5.40. The smallest absolute Gasteiger partial charge is 0.181 e. The van der Waals surface area contributed by atoms with Crippen molar-refractivity contribution in [1.82, 2.24) is 10.3 Å². The van der Waals surface area contributed by atoms with Crippen molar-refractivity contribution in [3.63, 3.8) is 0 Å². The summed E-state index contributed by atoms with van der Waals surface area (Å²) in [6, 6.07) is 4.05. The predicted octanol–water partition coefficient (Wildman–Crippen LogP) is 3.28. The van der Waals surface area contributed by atoms with Crippen LogP contribution >= 0.6 is 27.3 Å². The van der Waals surface area contributed by atoms with Crippen LogP contribution in [0.2, 0.25) is 0 Å². The monoisotopic (exact) mass is 286 g/mol. The Morgan fingerprint density at radius 1 is 1.53 bits per heavy atom. The molecule has 80 valence electrons. The van der Waals surface area contributed by atoms with Crippen molar-refractivity contribution in [2.24, 2.45) is 0 Å². The first-order valence-electron chi connectivity index (χ1n) is 4.70. The Hall–Kier alpha value is -0.650. The molecule has 15 heavy (non-hydrogen) atoms. The van der Waals surface area contributed by atoms with Gasteiger partial charge in [-0.1, -0.05) is 6.92 Å². The number of hydrogen-bond donors (Lipinski definition) is 1. The third-order valence-electron chi connectivity index (χ3n) is 1.98. The van der Waals surface area contributed by atoms with Crippen LogP contribution in [-0.2, 0) is 6.54 Å². The standard InChI is InChI=1S/C10H11BrN2OS/c1-2-12-5-7-10(14-6-13-7)8-3-4-9(11)15-8/h3-4,6,12H,2,5H2,1H3. The van der Waals surface area contributed by atoms with Crippen LogP contribution in [0, 0.1) is 0 Å². The maximum absolute atomic E-state index is 5.40. The highest BCUT2D eigenvalue weighted by molar-refractivity contribution is 9.11. The fraction of sp³-hybridized carbons (Fsp3) is 0.300. The van der Waals surface area contributed by atoms with Gasteiger partial charge in [0.05, 0.1) is 8.66 Å². The minimum absolute atomic E-state index is 0.748. The Morgan fingerprint density at radius 2 is 2.40 bits per heavy atom. The topological polar surface area (TPSA) is 38.1 Å². The molecule has 3 nitrogen and oxygen atoms in total. The summed E-state index contributed by atoms with van der Waals surface area (Å²) in [6.45, 7) is 3.75. The van der Waals surface area contributed by atoms with Gasteiger partial charge < -0.3 is 9.73 Å². The van der Waals surface area contributed by atoms with Gasteiger partial charge in [0.1, 0.15) is 5.69 Å². The molecule has 2 aromatic rings. The van der Waals surface area contributed by atoms with Crippen LogP contribution in [-0.4, -0.2) is 11.5 Å². The van der Waals surface area contributed by atoms with E-state index in [2.05, 4.69) is 33.2 Å². The predicted molar refractivity (Wildman–Crippen MR) is 64.9 cm³/mol. The van der Waals surface area contributed by atoms with Crippen LogP contribution in [0.25, 0.3) is 10.6 Å². The molecule has 0 fully saturated rings. The van der Waals surface area contributed by atoms with E-state index < -0.39 is 0 Å². The Labute approximate surface area is 101 Å². The number of aromatic nitrogens is 1. The van der Waals surface area contributed by atoms with E-state index >= 15 is 0 Å². The average Bonchev–Trinajstić information content (AvgIpc) is 2.82. The number of rotatable bonds is 4. The van der Waals surface area contributed by atoms with Gasteiger partial charge in [0.2, 0.25) is 0 Å². The highest BCUT2D eigenvalue weighted by Crippen LogP contribution is 2.32. The molecule has 0 spiro atoms. The zero-order chi connectivity index (χ0) is 10.7. The molecule has 0 saturated carbocycles. The molecular formula is C10H11BrN2OS. The van der Waals surface area contributed by atoms with Crippen molar-refractivity contribution in [1.29, 1.82) is 0 Å². The summed E-state index contributed by atoms with van der Waals surface area (Å²) in [5.41, 5.74) is 0.964. The molecule has 0 saturated heterocycles. The molecule has 0 aromatic carbocycles. The van der Waals surface area contributed by atoms with Gasteiger partial charge in [-0.2, -0.15) is 0 Å². The number of halogens is 1. The van der Waals surface area contributed by atoms with E-state index in [1.165, 1.54) is 6.39 Å². The van der Waals surface area contributed by atoms with Gasteiger partial charge in [0, 0.05) is 6.54 Å². The van der Waals surface area contributed by atoms with Crippen LogP contribution in [0.1, 0.15) is 12.6 Å². The first-order valence-corrected chi connectivity index (χ1v) is 6.31. The summed E-state index contributed by atoms with van der Waals surface area (Å²) >= 11 is 5.08. The van der Waals surface area contributed by atoms with E-state index in [4.69, 9.17) is 4.42 Å². The Kier molecular flexibility index (Phi) is 3.56. The molecule has 1 N–H and O–H groups in total. The molecule has 0 aliphatic carbocycles. The lowest BCUT2D eigenvalue weighted by atomic mass is 10.3. The van der Waals surface area contributed by atoms with Gasteiger partial charge in [0.25, 0.3) is 0 Å². The summed E-state index contributed by atoms with van der Waals surface area (Å²) in [4.78, 5) is 5.31. The van der Waals surface area contributed by atoms with Crippen LogP contribution in [0.4, 0.5) is 0 Å². The molecule has 0 atom stereocenters. The molecule has 2 rings (SSSR count). The lowest BCUT2D eigenvalue weighted by molar-refractivity contribution is 0.571. The highest BCUT2D eigenvalue weighted by Gasteiger charge is 2.11. The minimum Gasteiger partial charge on any atom is -0.442 e. The van der Waals surface area contributed by atoms with E-state index in [1.807, 2.05) is 12.1 Å². The fourth-order valence-corrected chi connectivity index (χ4v) is 2.67. The Morgan fingerprint density at radius 3 is 3.07 bits per heavy atom. The third kappa shape index (κ3) is 2.48. The van der Waals surface area contributed by atoms with Crippen molar-refractivity contribution in [3.05, 3.63) is 28.0 Å². The van der Waals surface area contributed by atoms with Gasteiger partial charge in [-0.15, -0.1) is 11.3 Å². The van der Waals surface area contributed by atoms with Gasteiger partial charge in [-0.3, -0.25) is 0 Å². The van der Waals surface area contributed by atoms with Crippen molar-refractivity contribution >= 4 is 27.3 Å². The minimum atomic E-state index is 0.748. The second kappa shape index (κ2) is 4.92. The van der Waals surface area contributed by atoms with E-state index in [-0.39, 0.29) is 0 Å². The van der Waals surface area contributed by atoms with Gasteiger partial charge in [-0.05, 0) is 34.6 Å². The SMILES string of the molecule is CCNCc1ncoc1-c1ccc(Br)s1. The van der Waals surface area contributed by atoms with E-state index in [0.717, 1.165) is 33.2 Å². The Balaban J connectivity index is 2.24. The maximum Gasteiger partial charge on any atom is 0.181 e. The molecule has 0 bridgehead atoms. The van der Waals surface area contributed by atoms with Crippen molar-refractivity contribution in [2.75, 3.05) is 6.54 Å². The number of nitrogens with zero attached hydrogens (tertiary/aromatic N) is 1. The number of thiophene rings is 1. The van der Waals surface area contributed by atoms with Crippen molar-refractivity contribution < 1.29 is 4.42 Å². The average molecular weight is 287 g/mol. The fourth-order valence-electron chi connectivity index (χ4n) is 1.28. The molecule has 2 aromatic heterocycles. The molecule has 0 radical (unpaired) electrons. The molecular weight excluding hydrogens is 276 g/mol. The molecule has 0 unspecified atom stereocenters. The lowest BCUT2D eigenvalue weighted by Crippen LogP contribution is -2.12. The van der Waals surface area contributed by atoms with Crippen LogP contribution in [0.15, 0.2) is 26.7 Å². The molecule has 0 amide bonds. The van der Waals surface area contributed by atoms with Crippen molar-refractivity contribution in [3.8, 4) is 10.6 Å². The largest absolute Gasteiger partial charge is 0.442 e. The summed E-state index contributed by atoms with van der Waals surface area (Å²) in [6.07, 6.45) is 1.50. The zero-order valence-electron chi connectivity index (χ0n) is 8.29. The summed E-state index contributed by atoms with van der Waals surface area (Å²) in [5, 5.41) is 3.24. The zero-order valence-corrected chi connectivity index (χ0v) is 10.7. The lowest BCUT2D eigenvalue weighted by Gasteiger charge is -1.98. The van der Waals surface area contributed by atoms with E-state index in [0.29, 0.717) is 0 Å². The number of hydrogen-bond acceptors (Lipinski definition) is 4. The first-order chi connectivity index (χ1) is 7.31. The quantitative estimate of drug-likeness (QED) is 0.937. The summed E-state index contributed by atoms with van der Waals surface area (Å²) in [5.74, 6) is 0.867. The van der Waals surface area contributed by atoms with Gasteiger partial charge >= 0.3 is 0 Å². The van der Waals surface area contributed by atoms with E-state index in [9.17, 15) is 0 Å². The molecule has 2 heterocycles. The number of oxazole rings is 1. The summed E-state index contributed by atoms with van der Waals surface area (Å²) in [7, 11) is 0. The highest BCUT2D eigenvalue weighted by atomic mass is 79.9. The van der Waals surface area contributed by atoms with Crippen LogP contribution in [0.3, 0.4) is 0 Å². The molecule has 5 heteroatoms. The second-order valence-electron chi connectivity index (χ2n) is 3.01. The van der Waals surface area contributed by atoms with Crippen LogP contribution < -0.4 is 5.32 Å². The normalized spacial score (nSPS) is 10.8. The van der Waals surface area contributed by atoms with Crippen LogP contribution in [0.5, 0.6) is 0 Å². The van der Waals surface area contributed by atoms with E-state index in [1.54, 1.807) is 11.3 Å². The first kappa shape index (κ1) is 10.9. The van der Waals surface area contributed by atoms with Gasteiger partial charge in [0.15, 0.2) is 12.2 Å². The Bertz CT molecular complexity index is 438.